The van der Waals surface area contributed by atoms with Crippen molar-refractivity contribution in [3.05, 3.63) is 24.0 Å². The molecule has 0 aliphatic carbocycles. The van der Waals surface area contributed by atoms with Gasteiger partial charge in [-0.05, 0) is 26.0 Å². The van der Waals surface area contributed by atoms with Crippen LogP contribution in [0.2, 0.25) is 0 Å². The molecule has 1 aromatic rings. The van der Waals surface area contributed by atoms with E-state index < -0.39 is 6.10 Å². The van der Waals surface area contributed by atoms with Gasteiger partial charge >= 0.3 is 0 Å². The third kappa shape index (κ3) is 3.47. The third-order valence-corrected chi connectivity index (χ3v) is 2.51. The minimum absolute atomic E-state index is 0.511. The molecule has 0 aromatic carbocycles. The summed E-state index contributed by atoms with van der Waals surface area (Å²) in [6, 6.07) is 3.84. The summed E-state index contributed by atoms with van der Waals surface area (Å²) in [6.45, 7) is 6.27. The van der Waals surface area contributed by atoms with Crippen LogP contribution in [-0.2, 0) is 4.74 Å². The molecular formula is C12H20N2O2. The monoisotopic (exact) mass is 224 g/mol. The van der Waals surface area contributed by atoms with Crippen molar-refractivity contribution in [2.75, 3.05) is 31.7 Å². The van der Waals surface area contributed by atoms with Gasteiger partial charge in [0.25, 0.3) is 0 Å². The fraction of sp³-hybridized carbons (Fsp3) is 0.583. The van der Waals surface area contributed by atoms with E-state index in [9.17, 15) is 5.11 Å². The average Bonchev–Trinajstić information content (AvgIpc) is 2.30. The molecule has 4 nitrogen and oxygen atoms in total. The van der Waals surface area contributed by atoms with E-state index in [0.717, 1.165) is 18.8 Å². The Morgan fingerprint density at radius 3 is 2.69 bits per heavy atom. The van der Waals surface area contributed by atoms with Gasteiger partial charge in [-0.2, -0.15) is 0 Å². The summed E-state index contributed by atoms with van der Waals surface area (Å²) in [5, 5.41) is 9.36. The summed E-state index contributed by atoms with van der Waals surface area (Å²) in [4.78, 5) is 6.41. The van der Waals surface area contributed by atoms with Gasteiger partial charge in [-0.1, -0.05) is 0 Å². The fourth-order valence-corrected chi connectivity index (χ4v) is 1.50. The molecule has 0 aliphatic heterocycles. The lowest BCUT2D eigenvalue weighted by Gasteiger charge is -2.22. The highest BCUT2D eigenvalue weighted by molar-refractivity contribution is 5.44. The van der Waals surface area contributed by atoms with Gasteiger partial charge in [0.15, 0.2) is 0 Å². The number of nitrogens with zero attached hydrogens (tertiary/aromatic N) is 2. The maximum absolute atomic E-state index is 9.36. The quantitative estimate of drug-likeness (QED) is 0.797. The first-order valence-corrected chi connectivity index (χ1v) is 5.57. The summed E-state index contributed by atoms with van der Waals surface area (Å²) >= 11 is 0. The number of likely N-dealkylation sites (N-methyl/N-ethyl adjacent to an activating group) is 1. The van der Waals surface area contributed by atoms with Crippen LogP contribution in [0.25, 0.3) is 0 Å². The maximum Gasteiger partial charge on any atom is 0.0931 e. The normalized spacial score (nSPS) is 12.5. The molecule has 0 saturated heterocycles. The van der Waals surface area contributed by atoms with Gasteiger partial charge in [0.2, 0.25) is 0 Å². The minimum atomic E-state index is -0.511. The number of aromatic nitrogens is 1. The predicted octanol–water partition coefficient (Wildman–Crippen LogP) is 1.61. The van der Waals surface area contributed by atoms with Crippen LogP contribution in [0.4, 0.5) is 5.69 Å². The van der Waals surface area contributed by atoms with Crippen LogP contribution in [0.15, 0.2) is 18.3 Å². The summed E-state index contributed by atoms with van der Waals surface area (Å²) in [6.07, 6.45) is 1.28. The van der Waals surface area contributed by atoms with Crippen molar-refractivity contribution in [3.63, 3.8) is 0 Å². The number of hydrogen-bond acceptors (Lipinski definition) is 4. The van der Waals surface area contributed by atoms with E-state index in [0.29, 0.717) is 12.3 Å². The molecule has 0 amide bonds. The van der Waals surface area contributed by atoms with Gasteiger partial charge < -0.3 is 14.7 Å². The first-order chi connectivity index (χ1) is 7.69. The molecule has 1 rings (SSSR count). The van der Waals surface area contributed by atoms with Gasteiger partial charge in [0, 0.05) is 20.2 Å². The van der Waals surface area contributed by atoms with Gasteiger partial charge in [0.05, 0.1) is 30.3 Å². The van der Waals surface area contributed by atoms with Crippen molar-refractivity contribution in [1.29, 1.82) is 0 Å². The maximum atomic E-state index is 9.36. The van der Waals surface area contributed by atoms with Crippen LogP contribution in [0.1, 0.15) is 25.6 Å². The Hall–Kier alpha value is -1.13. The number of aliphatic hydroxyl groups is 1. The number of anilines is 1. The first-order valence-electron chi connectivity index (χ1n) is 5.57. The van der Waals surface area contributed by atoms with Crippen molar-refractivity contribution in [2.45, 2.75) is 20.0 Å². The SMILES string of the molecule is CCN(CCOC)c1ccc([C@H](C)O)nc1. The first kappa shape index (κ1) is 12.9. The molecule has 1 aromatic heterocycles. The minimum Gasteiger partial charge on any atom is -0.387 e. The highest BCUT2D eigenvalue weighted by Gasteiger charge is 2.06. The summed E-state index contributed by atoms with van der Waals surface area (Å²) in [7, 11) is 1.70. The van der Waals surface area contributed by atoms with Crippen molar-refractivity contribution in [2.24, 2.45) is 0 Å². The van der Waals surface area contributed by atoms with Gasteiger partial charge in [-0.3, -0.25) is 4.98 Å². The molecule has 0 bridgehead atoms. The number of ether oxygens (including phenoxy) is 1. The van der Waals surface area contributed by atoms with Crippen LogP contribution < -0.4 is 4.90 Å². The van der Waals surface area contributed by atoms with Gasteiger partial charge in [-0.25, -0.2) is 0 Å². The Bertz CT molecular complexity index is 298. The second-order valence-corrected chi connectivity index (χ2v) is 3.69. The molecule has 4 heteroatoms. The molecule has 0 radical (unpaired) electrons. The smallest absolute Gasteiger partial charge is 0.0931 e. The van der Waals surface area contributed by atoms with Crippen molar-refractivity contribution in [1.82, 2.24) is 4.98 Å². The zero-order valence-electron chi connectivity index (χ0n) is 10.2. The van der Waals surface area contributed by atoms with E-state index in [1.54, 1.807) is 20.2 Å². The van der Waals surface area contributed by atoms with Crippen molar-refractivity contribution >= 4 is 5.69 Å². The topological polar surface area (TPSA) is 45.6 Å². The number of pyridine rings is 1. The van der Waals surface area contributed by atoms with E-state index in [4.69, 9.17) is 4.74 Å². The molecule has 0 spiro atoms. The number of methoxy groups -OCH3 is 1. The summed E-state index contributed by atoms with van der Waals surface area (Å²) in [5.41, 5.74) is 1.76. The molecule has 0 fully saturated rings. The lowest BCUT2D eigenvalue weighted by atomic mass is 10.2. The number of hydrogen-bond donors (Lipinski definition) is 1. The Labute approximate surface area is 96.9 Å². The number of rotatable bonds is 6. The van der Waals surface area contributed by atoms with Crippen LogP contribution >= 0.6 is 0 Å². The van der Waals surface area contributed by atoms with Gasteiger partial charge in [-0.15, -0.1) is 0 Å². The van der Waals surface area contributed by atoms with Crippen molar-refractivity contribution in [3.8, 4) is 0 Å². The molecule has 90 valence electrons. The highest BCUT2D eigenvalue weighted by Crippen LogP contribution is 2.15. The van der Waals surface area contributed by atoms with Crippen LogP contribution in [0.5, 0.6) is 0 Å². The van der Waals surface area contributed by atoms with E-state index in [1.165, 1.54) is 0 Å². The molecular weight excluding hydrogens is 204 g/mol. The molecule has 16 heavy (non-hydrogen) atoms. The van der Waals surface area contributed by atoms with Crippen molar-refractivity contribution < 1.29 is 9.84 Å². The van der Waals surface area contributed by atoms with E-state index in [1.807, 2.05) is 12.1 Å². The second kappa shape index (κ2) is 6.45. The Balaban J connectivity index is 2.70. The highest BCUT2D eigenvalue weighted by atomic mass is 16.5. The zero-order chi connectivity index (χ0) is 12.0. The standard InChI is InChI=1S/C12H20N2O2/c1-4-14(7-8-16-3)11-5-6-12(10(2)15)13-9-11/h5-6,9-10,15H,4,7-8H2,1-3H3/t10-/m0/s1. The average molecular weight is 224 g/mol. The number of aliphatic hydroxyl groups excluding tert-OH is 1. The van der Waals surface area contributed by atoms with E-state index >= 15 is 0 Å². The zero-order valence-corrected chi connectivity index (χ0v) is 10.2. The fourth-order valence-electron chi connectivity index (χ4n) is 1.50. The lowest BCUT2D eigenvalue weighted by Crippen LogP contribution is -2.26. The molecule has 1 atom stereocenters. The van der Waals surface area contributed by atoms with E-state index in [-0.39, 0.29) is 0 Å². The molecule has 0 aliphatic rings. The van der Waals surface area contributed by atoms with E-state index in [2.05, 4.69) is 16.8 Å². The van der Waals surface area contributed by atoms with Gasteiger partial charge in [0.1, 0.15) is 0 Å². The second-order valence-electron chi connectivity index (χ2n) is 3.69. The molecule has 0 saturated carbocycles. The Kier molecular flexibility index (Phi) is 5.22. The molecule has 0 unspecified atom stereocenters. The predicted molar refractivity (Wildman–Crippen MR) is 64.6 cm³/mol. The largest absolute Gasteiger partial charge is 0.387 e. The Morgan fingerprint density at radius 2 is 2.25 bits per heavy atom. The summed E-state index contributed by atoms with van der Waals surface area (Å²) < 4.78 is 5.06. The Morgan fingerprint density at radius 1 is 1.50 bits per heavy atom. The molecule has 1 heterocycles. The van der Waals surface area contributed by atoms with Crippen LogP contribution in [0.3, 0.4) is 0 Å². The molecule has 1 N–H and O–H groups in total. The lowest BCUT2D eigenvalue weighted by molar-refractivity contribution is 0.194. The van der Waals surface area contributed by atoms with Crippen LogP contribution in [-0.4, -0.2) is 36.9 Å². The summed E-state index contributed by atoms with van der Waals surface area (Å²) in [5.74, 6) is 0. The van der Waals surface area contributed by atoms with Crippen LogP contribution in [0, 0.1) is 0 Å². The third-order valence-electron chi connectivity index (χ3n) is 2.51.